The standard InChI is InChI=1S/C16H16BrNO6/c1-9(19)10-4-5-12(17)13(6-10)18-8-24-7-11(15(20)22-2)14(18)16(21)23-3/h4-6H,7-8H2,1-3H3. The molecule has 1 aromatic carbocycles. The van der Waals surface area contributed by atoms with Gasteiger partial charge in [0, 0.05) is 10.0 Å². The van der Waals surface area contributed by atoms with Crippen LogP contribution in [-0.4, -0.2) is 45.3 Å². The molecule has 0 spiro atoms. The molecule has 0 fully saturated rings. The lowest BCUT2D eigenvalue weighted by Crippen LogP contribution is -2.39. The van der Waals surface area contributed by atoms with Gasteiger partial charge in [-0.15, -0.1) is 0 Å². The molecule has 0 unspecified atom stereocenters. The van der Waals surface area contributed by atoms with E-state index in [0.29, 0.717) is 15.7 Å². The van der Waals surface area contributed by atoms with E-state index in [2.05, 4.69) is 15.9 Å². The fraction of sp³-hybridized carbons (Fsp3) is 0.312. The van der Waals surface area contributed by atoms with Crippen LogP contribution in [0.1, 0.15) is 17.3 Å². The van der Waals surface area contributed by atoms with E-state index in [1.807, 2.05) is 0 Å². The Morgan fingerprint density at radius 2 is 1.83 bits per heavy atom. The minimum absolute atomic E-state index is 0.0187. The summed E-state index contributed by atoms with van der Waals surface area (Å²) in [4.78, 5) is 37.3. The molecule has 0 N–H and O–H groups in total. The van der Waals surface area contributed by atoms with E-state index in [1.54, 1.807) is 18.2 Å². The molecule has 1 aliphatic rings. The molecule has 1 heterocycles. The number of ether oxygens (including phenoxy) is 3. The predicted octanol–water partition coefficient (Wildman–Crippen LogP) is 2.05. The van der Waals surface area contributed by atoms with Crippen molar-refractivity contribution in [3.63, 3.8) is 0 Å². The smallest absolute Gasteiger partial charge is 0.355 e. The summed E-state index contributed by atoms with van der Waals surface area (Å²) in [6.07, 6.45) is 0. The van der Waals surface area contributed by atoms with Crippen LogP contribution in [0.25, 0.3) is 0 Å². The minimum Gasteiger partial charge on any atom is -0.466 e. The van der Waals surface area contributed by atoms with Crippen molar-refractivity contribution in [2.45, 2.75) is 6.92 Å². The zero-order valence-corrected chi connectivity index (χ0v) is 15.0. The summed E-state index contributed by atoms with van der Waals surface area (Å²) in [6.45, 7) is 1.39. The third kappa shape index (κ3) is 3.49. The van der Waals surface area contributed by atoms with Gasteiger partial charge in [-0.1, -0.05) is 6.07 Å². The van der Waals surface area contributed by atoms with Crippen molar-refractivity contribution in [1.29, 1.82) is 0 Å². The molecule has 1 aromatic rings. The topological polar surface area (TPSA) is 82.1 Å². The number of halogens is 1. The molecule has 128 valence electrons. The summed E-state index contributed by atoms with van der Waals surface area (Å²) in [5.41, 5.74) is 1.04. The van der Waals surface area contributed by atoms with E-state index >= 15 is 0 Å². The highest BCUT2D eigenvalue weighted by Crippen LogP contribution is 2.33. The van der Waals surface area contributed by atoms with Crippen molar-refractivity contribution in [2.75, 3.05) is 32.5 Å². The Balaban J connectivity index is 2.63. The number of methoxy groups -OCH3 is 2. The number of hydrogen-bond donors (Lipinski definition) is 0. The maximum atomic E-state index is 12.2. The van der Waals surface area contributed by atoms with Crippen molar-refractivity contribution in [3.8, 4) is 0 Å². The Kier molecular flexibility index (Phi) is 5.74. The number of anilines is 1. The number of hydrogen-bond acceptors (Lipinski definition) is 7. The Labute approximate surface area is 147 Å². The number of rotatable bonds is 4. The third-order valence-corrected chi connectivity index (χ3v) is 4.15. The first-order valence-corrected chi connectivity index (χ1v) is 7.75. The molecule has 0 bridgehead atoms. The summed E-state index contributed by atoms with van der Waals surface area (Å²) in [5, 5.41) is 0. The lowest BCUT2D eigenvalue weighted by atomic mass is 10.1. The molecule has 1 aliphatic heterocycles. The number of nitrogens with zero attached hydrogens (tertiary/aromatic N) is 1. The summed E-state index contributed by atoms with van der Waals surface area (Å²) in [5.74, 6) is -1.50. The number of Topliss-reactive ketones (excluding diaryl/α,β-unsaturated/α-hetero) is 1. The fourth-order valence-electron chi connectivity index (χ4n) is 2.27. The third-order valence-electron chi connectivity index (χ3n) is 3.48. The van der Waals surface area contributed by atoms with Crippen LogP contribution in [0.3, 0.4) is 0 Å². The van der Waals surface area contributed by atoms with E-state index in [1.165, 1.54) is 26.0 Å². The zero-order valence-electron chi connectivity index (χ0n) is 13.4. The summed E-state index contributed by atoms with van der Waals surface area (Å²) in [6, 6.07) is 4.95. The quantitative estimate of drug-likeness (QED) is 0.567. The van der Waals surface area contributed by atoms with Gasteiger partial charge in [-0.2, -0.15) is 0 Å². The Bertz CT molecular complexity index is 727. The predicted molar refractivity (Wildman–Crippen MR) is 88.5 cm³/mol. The molecule has 7 nitrogen and oxygen atoms in total. The van der Waals surface area contributed by atoms with Crippen molar-refractivity contribution in [3.05, 3.63) is 39.5 Å². The number of ketones is 1. The van der Waals surface area contributed by atoms with Gasteiger partial charge in [-0.05, 0) is 35.0 Å². The van der Waals surface area contributed by atoms with Crippen molar-refractivity contribution >= 4 is 39.3 Å². The van der Waals surface area contributed by atoms with Crippen LogP contribution in [0.4, 0.5) is 5.69 Å². The zero-order chi connectivity index (χ0) is 17.9. The van der Waals surface area contributed by atoms with Gasteiger partial charge < -0.3 is 19.1 Å². The summed E-state index contributed by atoms with van der Waals surface area (Å²) in [7, 11) is 2.44. The van der Waals surface area contributed by atoms with Crippen LogP contribution >= 0.6 is 15.9 Å². The second-order valence-corrected chi connectivity index (χ2v) is 5.79. The van der Waals surface area contributed by atoms with E-state index in [-0.39, 0.29) is 30.4 Å². The molecule has 0 aromatic heterocycles. The molecule has 8 heteroatoms. The van der Waals surface area contributed by atoms with E-state index in [9.17, 15) is 14.4 Å². The first-order valence-electron chi connectivity index (χ1n) is 6.96. The van der Waals surface area contributed by atoms with Gasteiger partial charge in [0.2, 0.25) is 0 Å². The van der Waals surface area contributed by atoms with Crippen LogP contribution in [0.2, 0.25) is 0 Å². The van der Waals surface area contributed by atoms with Gasteiger partial charge in [0.05, 0.1) is 32.1 Å². The fourth-order valence-corrected chi connectivity index (χ4v) is 2.73. The number of carbonyl (C=O) groups is 3. The normalized spacial score (nSPS) is 14.4. The summed E-state index contributed by atoms with van der Waals surface area (Å²) < 4.78 is 15.5. The molecule has 0 amide bonds. The minimum atomic E-state index is -0.696. The van der Waals surface area contributed by atoms with E-state index < -0.39 is 11.9 Å². The summed E-state index contributed by atoms with van der Waals surface area (Å²) >= 11 is 3.39. The second-order valence-electron chi connectivity index (χ2n) is 4.94. The van der Waals surface area contributed by atoms with Crippen molar-refractivity contribution < 1.29 is 28.6 Å². The van der Waals surface area contributed by atoms with Crippen LogP contribution in [-0.2, 0) is 23.8 Å². The monoisotopic (exact) mass is 397 g/mol. The molecule has 0 atom stereocenters. The van der Waals surface area contributed by atoms with Gasteiger partial charge in [0.25, 0.3) is 0 Å². The van der Waals surface area contributed by atoms with Gasteiger partial charge in [0.15, 0.2) is 5.78 Å². The Morgan fingerprint density at radius 3 is 2.42 bits per heavy atom. The molecule has 24 heavy (non-hydrogen) atoms. The highest BCUT2D eigenvalue weighted by Gasteiger charge is 2.33. The molecule has 0 aliphatic carbocycles. The largest absolute Gasteiger partial charge is 0.466 e. The van der Waals surface area contributed by atoms with Crippen LogP contribution in [0.5, 0.6) is 0 Å². The maximum absolute atomic E-state index is 12.2. The molecule has 0 radical (unpaired) electrons. The Hall–Kier alpha value is -2.19. The SMILES string of the molecule is COC(=O)C1=C(C(=O)OC)N(c2cc(C(C)=O)ccc2Br)COC1. The number of carbonyl (C=O) groups excluding carboxylic acids is 3. The number of benzene rings is 1. The van der Waals surface area contributed by atoms with Gasteiger partial charge in [-0.3, -0.25) is 4.79 Å². The van der Waals surface area contributed by atoms with Gasteiger partial charge >= 0.3 is 11.9 Å². The number of esters is 2. The highest BCUT2D eigenvalue weighted by atomic mass is 79.9. The van der Waals surface area contributed by atoms with E-state index in [0.717, 1.165) is 0 Å². The highest BCUT2D eigenvalue weighted by molar-refractivity contribution is 9.10. The maximum Gasteiger partial charge on any atom is 0.355 e. The lowest BCUT2D eigenvalue weighted by molar-refractivity contribution is -0.140. The van der Waals surface area contributed by atoms with Crippen molar-refractivity contribution in [1.82, 2.24) is 0 Å². The lowest BCUT2D eigenvalue weighted by Gasteiger charge is -2.32. The van der Waals surface area contributed by atoms with Crippen LogP contribution in [0.15, 0.2) is 33.9 Å². The first-order chi connectivity index (χ1) is 11.4. The van der Waals surface area contributed by atoms with E-state index in [4.69, 9.17) is 14.2 Å². The molecular weight excluding hydrogens is 382 g/mol. The Morgan fingerprint density at radius 1 is 1.17 bits per heavy atom. The van der Waals surface area contributed by atoms with Crippen LogP contribution in [0, 0.1) is 0 Å². The van der Waals surface area contributed by atoms with Gasteiger partial charge in [0.1, 0.15) is 12.4 Å². The second kappa shape index (κ2) is 7.59. The molecule has 0 saturated carbocycles. The molecule has 0 saturated heterocycles. The van der Waals surface area contributed by atoms with Crippen LogP contribution < -0.4 is 4.90 Å². The van der Waals surface area contributed by atoms with Gasteiger partial charge in [-0.25, -0.2) is 9.59 Å². The molecule has 2 rings (SSSR count). The van der Waals surface area contributed by atoms with Crippen molar-refractivity contribution in [2.24, 2.45) is 0 Å². The molecular formula is C16H16BrNO6. The first kappa shape index (κ1) is 18.2. The average Bonchev–Trinajstić information content (AvgIpc) is 2.59. The average molecular weight is 398 g/mol.